The van der Waals surface area contributed by atoms with Gasteiger partial charge in [0.2, 0.25) is 0 Å². The van der Waals surface area contributed by atoms with Crippen molar-refractivity contribution in [3.8, 4) is 0 Å². The van der Waals surface area contributed by atoms with E-state index in [2.05, 4.69) is 0 Å². The molecule has 0 fully saturated rings. The molecule has 0 saturated carbocycles. The van der Waals surface area contributed by atoms with E-state index in [1.807, 2.05) is 30.3 Å². The second-order valence-electron chi connectivity index (χ2n) is 2.70. The van der Waals surface area contributed by atoms with E-state index in [0.29, 0.717) is 0 Å². The van der Waals surface area contributed by atoms with Crippen molar-refractivity contribution in [1.82, 2.24) is 0 Å². The van der Waals surface area contributed by atoms with E-state index < -0.39 is 5.60 Å². The van der Waals surface area contributed by atoms with Crippen LogP contribution in [0.4, 0.5) is 0 Å². The van der Waals surface area contributed by atoms with Gasteiger partial charge in [0.1, 0.15) is 0 Å². The summed E-state index contributed by atoms with van der Waals surface area (Å²) in [5.74, 6) is 0. The number of hydrogen-bond donors (Lipinski definition) is 0. The van der Waals surface area contributed by atoms with Gasteiger partial charge in [0.05, 0.1) is 5.60 Å². The Kier molecular flexibility index (Phi) is 9.27. The molecule has 1 nitrogen and oxygen atoms in total. The molecule has 0 bridgehead atoms. The first-order chi connectivity index (χ1) is 6.29. The van der Waals surface area contributed by atoms with Crippen molar-refractivity contribution in [3.05, 3.63) is 61.2 Å². The quantitative estimate of drug-likeness (QED) is 0.350. The van der Waals surface area contributed by atoms with Gasteiger partial charge in [0.25, 0.3) is 0 Å². The fraction of sp³-hybridized carbons (Fsp3) is 0.167. The molecule has 1 rings (SSSR count). The summed E-state index contributed by atoms with van der Waals surface area (Å²) in [6.07, 6.45) is 2.87. The van der Waals surface area contributed by atoms with Gasteiger partial charge in [-0.3, -0.25) is 0 Å². The monoisotopic (exact) mass is 186 g/mol. The number of methoxy groups -OCH3 is 1. The third-order valence-electron chi connectivity index (χ3n) is 2.06. The Balaban J connectivity index is 0. The first kappa shape index (κ1) is 17.3. The Hall–Kier alpha value is -0.145. The predicted octanol–water partition coefficient (Wildman–Crippen LogP) is -3.49. The van der Waals surface area contributed by atoms with Crippen LogP contribution in [0.1, 0.15) is 5.56 Å². The molecule has 1 aromatic rings. The van der Waals surface area contributed by atoms with E-state index in [1.54, 1.807) is 7.11 Å². The van der Waals surface area contributed by atoms with Gasteiger partial charge >= 0.3 is 37.7 Å². The molecule has 0 saturated heterocycles. The van der Waals surface area contributed by atoms with Crippen LogP contribution in [0.2, 0.25) is 0 Å². The third-order valence-corrected chi connectivity index (χ3v) is 2.06. The fourth-order valence-corrected chi connectivity index (χ4v) is 1.20. The van der Waals surface area contributed by atoms with Crippen LogP contribution in [0.25, 0.3) is 0 Å². The first-order valence-corrected chi connectivity index (χ1v) is 4.02. The molecule has 68 valence electrons. The maximum absolute atomic E-state index is 5.50. The summed E-state index contributed by atoms with van der Waals surface area (Å²) in [6, 6.07) is 9.58. The summed E-state index contributed by atoms with van der Waals surface area (Å²) in [5.41, 5.74) is 0.142. The molecule has 0 aromatic heterocycles. The van der Waals surface area contributed by atoms with Crippen molar-refractivity contribution in [2.24, 2.45) is 0 Å². The van der Waals surface area contributed by atoms with Crippen LogP contribution in [0.3, 0.4) is 0 Å². The van der Waals surface area contributed by atoms with Gasteiger partial charge in [-0.2, -0.15) is 0 Å². The van der Waals surface area contributed by atoms with E-state index in [9.17, 15) is 0 Å². The average Bonchev–Trinajstić information content (AvgIpc) is 2.23. The van der Waals surface area contributed by atoms with Gasteiger partial charge in [-0.15, -0.1) is 0 Å². The van der Waals surface area contributed by atoms with Crippen molar-refractivity contribution < 1.29 is 42.5 Å². The normalized spacial score (nSPS) is 12.6. The summed E-state index contributed by atoms with van der Waals surface area (Å²) in [6.45, 7) is 11.0. The zero-order chi connectivity index (χ0) is 9.73. The standard InChI is InChI=1S/C12H12O.2Li/c1-4-12(5-2,13-3)11-9-7-6-8-10-11;;/h1-2,4-10H,3H3;;/q-2;2*+1. The summed E-state index contributed by atoms with van der Waals surface area (Å²) in [5, 5.41) is 0. The van der Waals surface area contributed by atoms with Crippen LogP contribution in [-0.4, -0.2) is 7.11 Å². The Labute approximate surface area is 116 Å². The maximum atomic E-state index is 5.50. The molecule has 0 aliphatic carbocycles. The van der Waals surface area contributed by atoms with Crippen LogP contribution in [0, 0.1) is 13.2 Å². The minimum atomic E-state index is -0.777. The maximum Gasteiger partial charge on any atom is 1.00 e. The second kappa shape index (κ2) is 8.06. The molecule has 0 atom stereocenters. The zero-order valence-electron chi connectivity index (χ0n) is 9.60. The number of ether oxygens (including phenoxy) is 1. The summed E-state index contributed by atoms with van der Waals surface area (Å²) >= 11 is 0. The molecule has 0 N–H and O–H groups in total. The minimum Gasteiger partial charge on any atom is -0.515 e. The van der Waals surface area contributed by atoms with E-state index in [4.69, 9.17) is 17.9 Å². The van der Waals surface area contributed by atoms with Crippen molar-refractivity contribution in [2.45, 2.75) is 5.60 Å². The molecule has 0 aliphatic rings. The SMILES string of the molecule is [CH-]=CC(C=[CH-])(OC)c1ccccc1.[Li+].[Li+]. The van der Waals surface area contributed by atoms with E-state index in [0.717, 1.165) is 5.56 Å². The van der Waals surface area contributed by atoms with Gasteiger partial charge in [0, 0.05) is 7.11 Å². The van der Waals surface area contributed by atoms with Gasteiger partial charge < -0.3 is 17.9 Å². The predicted molar refractivity (Wildman–Crippen MR) is 52.9 cm³/mol. The van der Waals surface area contributed by atoms with Crippen molar-refractivity contribution in [3.63, 3.8) is 0 Å². The average molecular weight is 186 g/mol. The molecule has 0 spiro atoms. The van der Waals surface area contributed by atoms with Crippen LogP contribution >= 0.6 is 0 Å². The Morgan fingerprint density at radius 1 is 1.07 bits per heavy atom. The van der Waals surface area contributed by atoms with Gasteiger partial charge in [-0.05, 0) is 5.56 Å². The molecule has 0 unspecified atom stereocenters. The largest absolute Gasteiger partial charge is 1.00 e. The number of hydrogen-bond acceptors (Lipinski definition) is 1. The van der Waals surface area contributed by atoms with Gasteiger partial charge in [-0.1, -0.05) is 30.3 Å². The molecule has 0 radical (unpaired) electrons. The third kappa shape index (κ3) is 3.73. The molecule has 3 heteroatoms. The topological polar surface area (TPSA) is 9.23 Å². The van der Waals surface area contributed by atoms with Crippen LogP contribution in [0.15, 0.2) is 42.5 Å². The molecule has 0 amide bonds. The van der Waals surface area contributed by atoms with Crippen LogP contribution in [-0.2, 0) is 10.3 Å². The molecule has 0 aliphatic heterocycles. The van der Waals surface area contributed by atoms with Gasteiger partial charge in [-0.25, -0.2) is 12.2 Å². The Morgan fingerprint density at radius 2 is 1.53 bits per heavy atom. The smallest absolute Gasteiger partial charge is 0.515 e. The first-order valence-electron chi connectivity index (χ1n) is 4.02. The van der Waals surface area contributed by atoms with E-state index >= 15 is 0 Å². The van der Waals surface area contributed by atoms with Gasteiger partial charge in [0.15, 0.2) is 0 Å². The number of rotatable bonds is 4. The summed E-state index contributed by atoms with van der Waals surface area (Å²) in [7, 11) is 1.57. The van der Waals surface area contributed by atoms with Crippen LogP contribution < -0.4 is 37.7 Å². The summed E-state index contributed by atoms with van der Waals surface area (Å²) in [4.78, 5) is 0. The van der Waals surface area contributed by atoms with Crippen molar-refractivity contribution in [1.29, 1.82) is 0 Å². The van der Waals surface area contributed by atoms with Crippen molar-refractivity contribution in [2.75, 3.05) is 7.11 Å². The molecule has 0 heterocycles. The number of benzene rings is 1. The van der Waals surface area contributed by atoms with Crippen LogP contribution in [0.5, 0.6) is 0 Å². The molecule has 1 aromatic carbocycles. The fourth-order valence-electron chi connectivity index (χ4n) is 1.20. The molecular formula is C12H12Li2O. The molecular weight excluding hydrogens is 174 g/mol. The zero-order valence-corrected chi connectivity index (χ0v) is 9.60. The van der Waals surface area contributed by atoms with E-state index in [-0.39, 0.29) is 37.7 Å². The minimum absolute atomic E-state index is 0. The Morgan fingerprint density at radius 3 is 1.87 bits per heavy atom. The Bertz CT molecular complexity index is 288. The molecule has 15 heavy (non-hydrogen) atoms. The second-order valence-corrected chi connectivity index (χ2v) is 2.70. The van der Waals surface area contributed by atoms with Crippen molar-refractivity contribution >= 4 is 0 Å². The van der Waals surface area contributed by atoms with E-state index in [1.165, 1.54) is 12.2 Å². The summed E-state index contributed by atoms with van der Waals surface area (Å²) < 4.78 is 5.26.